The average molecular weight is 301 g/mol. The fourth-order valence-corrected chi connectivity index (χ4v) is 2.94. The van der Waals surface area contributed by atoms with Crippen molar-refractivity contribution in [1.29, 1.82) is 0 Å². The van der Waals surface area contributed by atoms with Crippen molar-refractivity contribution in [3.05, 3.63) is 40.4 Å². The zero-order valence-electron chi connectivity index (χ0n) is 12.7. The Balaban J connectivity index is 1.89. The predicted octanol–water partition coefficient (Wildman–Crippen LogP) is 3.00. The van der Waals surface area contributed by atoms with Crippen LogP contribution in [0, 0.1) is 16.0 Å². The van der Waals surface area contributed by atoms with Gasteiger partial charge in [-0.2, -0.15) is 0 Å². The zero-order valence-corrected chi connectivity index (χ0v) is 12.7. The van der Waals surface area contributed by atoms with Gasteiger partial charge in [0.25, 0.3) is 5.69 Å². The first-order chi connectivity index (χ1) is 10.6. The van der Waals surface area contributed by atoms with Gasteiger partial charge in [0.05, 0.1) is 16.5 Å². The molecule has 2 heterocycles. The maximum Gasteiger partial charge on any atom is 0.270 e. The van der Waals surface area contributed by atoms with Crippen molar-refractivity contribution in [2.75, 3.05) is 25.1 Å². The van der Waals surface area contributed by atoms with Crippen LogP contribution in [-0.4, -0.2) is 36.2 Å². The zero-order chi connectivity index (χ0) is 15.7. The predicted molar refractivity (Wildman–Crippen MR) is 85.2 cm³/mol. The fraction of sp³-hybridized carbons (Fsp3) is 0.438. The number of hydrogen-bond donors (Lipinski definition) is 0. The standard InChI is InChI=1S/C16H19N3O3/c1-11-7-8-18(10-15(11)22-2)16-6-3-12-9-13(19(20)21)4-5-14(12)17-16/h3-6,9,11,15H,7-8,10H2,1-2H3. The first kappa shape index (κ1) is 14.7. The van der Waals surface area contributed by atoms with Crippen LogP contribution in [0.1, 0.15) is 13.3 Å². The first-order valence-electron chi connectivity index (χ1n) is 7.41. The highest BCUT2D eigenvalue weighted by Crippen LogP contribution is 2.26. The summed E-state index contributed by atoms with van der Waals surface area (Å²) in [6.07, 6.45) is 1.28. The van der Waals surface area contributed by atoms with Crippen molar-refractivity contribution < 1.29 is 9.66 Å². The Hall–Kier alpha value is -2.21. The molecule has 1 aliphatic heterocycles. The van der Waals surface area contributed by atoms with Crippen molar-refractivity contribution in [3.63, 3.8) is 0 Å². The van der Waals surface area contributed by atoms with Gasteiger partial charge in [-0.15, -0.1) is 0 Å². The molecule has 6 heteroatoms. The van der Waals surface area contributed by atoms with E-state index in [9.17, 15) is 10.1 Å². The van der Waals surface area contributed by atoms with E-state index in [1.807, 2.05) is 12.1 Å². The van der Waals surface area contributed by atoms with E-state index >= 15 is 0 Å². The molecule has 0 spiro atoms. The second kappa shape index (κ2) is 5.88. The second-order valence-corrected chi connectivity index (χ2v) is 5.79. The minimum absolute atomic E-state index is 0.0910. The molecular weight excluding hydrogens is 282 g/mol. The highest BCUT2D eigenvalue weighted by atomic mass is 16.6. The summed E-state index contributed by atoms with van der Waals surface area (Å²) < 4.78 is 5.54. The van der Waals surface area contributed by atoms with E-state index in [1.165, 1.54) is 6.07 Å². The Morgan fingerprint density at radius 1 is 1.36 bits per heavy atom. The molecule has 1 fully saturated rings. The molecule has 0 amide bonds. The number of aromatic nitrogens is 1. The van der Waals surface area contributed by atoms with Crippen molar-refractivity contribution >= 4 is 22.4 Å². The van der Waals surface area contributed by atoms with E-state index < -0.39 is 0 Å². The number of nitro groups is 1. The van der Waals surface area contributed by atoms with Crippen LogP contribution in [0.2, 0.25) is 0 Å². The Kier molecular flexibility index (Phi) is 3.94. The van der Waals surface area contributed by atoms with Crippen molar-refractivity contribution in [2.24, 2.45) is 5.92 Å². The lowest BCUT2D eigenvalue weighted by Gasteiger charge is -2.36. The number of rotatable bonds is 3. The van der Waals surface area contributed by atoms with E-state index in [-0.39, 0.29) is 16.7 Å². The largest absolute Gasteiger partial charge is 0.379 e. The van der Waals surface area contributed by atoms with Crippen LogP contribution in [0.25, 0.3) is 10.9 Å². The van der Waals surface area contributed by atoms with Crippen LogP contribution >= 0.6 is 0 Å². The lowest BCUT2D eigenvalue weighted by molar-refractivity contribution is -0.384. The van der Waals surface area contributed by atoms with Gasteiger partial charge in [0.2, 0.25) is 0 Å². The first-order valence-corrected chi connectivity index (χ1v) is 7.41. The third kappa shape index (κ3) is 2.74. The molecule has 2 atom stereocenters. The Labute approximate surface area is 128 Å². The van der Waals surface area contributed by atoms with Gasteiger partial charge in [-0.3, -0.25) is 10.1 Å². The van der Waals surface area contributed by atoms with E-state index in [0.717, 1.165) is 36.2 Å². The maximum absolute atomic E-state index is 10.8. The number of piperidine rings is 1. The summed E-state index contributed by atoms with van der Waals surface area (Å²) in [7, 11) is 1.75. The number of methoxy groups -OCH3 is 1. The Morgan fingerprint density at radius 2 is 2.18 bits per heavy atom. The average Bonchev–Trinajstić information content (AvgIpc) is 2.54. The molecule has 116 valence electrons. The number of nitro benzene ring substituents is 1. The molecule has 3 rings (SSSR count). The molecule has 1 saturated heterocycles. The molecule has 0 N–H and O–H groups in total. The van der Waals surface area contributed by atoms with Crippen LogP contribution in [0.3, 0.4) is 0 Å². The number of nitrogens with zero attached hydrogens (tertiary/aromatic N) is 3. The van der Waals surface area contributed by atoms with Gasteiger partial charge in [0, 0.05) is 37.7 Å². The van der Waals surface area contributed by atoms with Gasteiger partial charge >= 0.3 is 0 Å². The van der Waals surface area contributed by atoms with Crippen LogP contribution in [-0.2, 0) is 4.74 Å². The summed E-state index contributed by atoms with van der Waals surface area (Å²) in [4.78, 5) is 17.3. The molecule has 0 bridgehead atoms. The van der Waals surface area contributed by atoms with Crippen molar-refractivity contribution in [2.45, 2.75) is 19.4 Å². The van der Waals surface area contributed by atoms with E-state index in [0.29, 0.717) is 5.92 Å². The summed E-state index contributed by atoms with van der Waals surface area (Å²) in [6.45, 7) is 3.98. The molecule has 1 aromatic carbocycles. The van der Waals surface area contributed by atoms with Crippen molar-refractivity contribution in [1.82, 2.24) is 4.98 Å². The summed E-state index contributed by atoms with van der Waals surface area (Å²) in [5.41, 5.74) is 0.865. The lowest BCUT2D eigenvalue weighted by Crippen LogP contribution is -2.44. The second-order valence-electron chi connectivity index (χ2n) is 5.79. The van der Waals surface area contributed by atoms with Gasteiger partial charge in [-0.05, 0) is 30.5 Å². The molecule has 1 aromatic heterocycles. The van der Waals surface area contributed by atoms with Crippen LogP contribution in [0.15, 0.2) is 30.3 Å². The third-order valence-electron chi connectivity index (χ3n) is 4.39. The summed E-state index contributed by atoms with van der Waals surface area (Å²) >= 11 is 0. The smallest absolute Gasteiger partial charge is 0.270 e. The topological polar surface area (TPSA) is 68.5 Å². The van der Waals surface area contributed by atoms with E-state index in [4.69, 9.17) is 4.74 Å². The summed E-state index contributed by atoms with van der Waals surface area (Å²) in [5, 5.41) is 11.6. The minimum atomic E-state index is -0.386. The number of hydrogen-bond acceptors (Lipinski definition) is 5. The normalized spacial score (nSPS) is 22.0. The molecule has 0 saturated carbocycles. The summed E-state index contributed by atoms with van der Waals surface area (Å²) in [6, 6.07) is 8.58. The number of anilines is 1. The molecule has 1 aliphatic rings. The maximum atomic E-state index is 10.8. The number of benzene rings is 1. The monoisotopic (exact) mass is 301 g/mol. The molecular formula is C16H19N3O3. The Morgan fingerprint density at radius 3 is 2.91 bits per heavy atom. The Bertz CT molecular complexity index is 704. The molecule has 2 aromatic rings. The van der Waals surface area contributed by atoms with Crippen LogP contribution in [0.4, 0.5) is 11.5 Å². The minimum Gasteiger partial charge on any atom is -0.379 e. The molecule has 6 nitrogen and oxygen atoms in total. The van der Waals surface area contributed by atoms with Gasteiger partial charge in [0.1, 0.15) is 5.82 Å². The quantitative estimate of drug-likeness (QED) is 0.644. The number of fused-ring (bicyclic) bond motifs is 1. The van der Waals surface area contributed by atoms with Crippen LogP contribution < -0.4 is 4.90 Å². The van der Waals surface area contributed by atoms with Crippen molar-refractivity contribution in [3.8, 4) is 0 Å². The van der Waals surface area contributed by atoms with E-state index in [1.54, 1.807) is 19.2 Å². The third-order valence-corrected chi connectivity index (χ3v) is 4.39. The molecule has 0 aliphatic carbocycles. The van der Waals surface area contributed by atoms with Gasteiger partial charge in [0.15, 0.2) is 0 Å². The summed E-state index contributed by atoms with van der Waals surface area (Å²) in [5.74, 6) is 1.44. The molecule has 2 unspecified atom stereocenters. The van der Waals surface area contributed by atoms with Crippen LogP contribution in [0.5, 0.6) is 0 Å². The lowest BCUT2D eigenvalue weighted by atomic mass is 9.96. The number of pyridine rings is 1. The molecule has 22 heavy (non-hydrogen) atoms. The fourth-order valence-electron chi connectivity index (χ4n) is 2.94. The highest BCUT2D eigenvalue weighted by molar-refractivity contribution is 5.82. The highest BCUT2D eigenvalue weighted by Gasteiger charge is 2.26. The SMILES string of the molecule is COC1CN(c2ccc3cc([N+](=O)[O-])ccc3n2)CCC1C. The molecule has 0 radical (unpaired) electrons. The van der Waals surface area contributed by atoms with Gasteiger partial charge < -0.3 is 9.64 Å². The number of ether oxygens (including phenoxy) is 1. The number of non-ortho nitro benzene ring substituents is 1. The van der Waals surface area contributed by atoms with E-state index in [2.05, 4.69) is 16.8 Å². The van der Waals surface area contributed by atoms with Gasteiger partial charge in [-0.1, -0.05) is 6.92 Å². The van der Waals surface area contributed by atoms with Gasteiger partial charge in [-0.25, -0.2) is 4.98 Å².